The van der Waals surface area contributed by atoms with Crippen molar-refractivity contribution in [1.82, 2.24) is 9.97 Å². The number of aromatic amines is 1. The molecule has 2 aromatic heterocycles. The number of hydrogen-bond acceptors (Lipinski definition) is 4. The fraction of sp³-hybridized carbons (Fsp3) is 0.435. The zero-order valence-electron chi connectivity index (χ0n) is 18.3. The van der Waals surface area contributed by atoms with Gasteiger partial charge in [-0.05, 0) is 35.6 Å². The summed E-state index contributed by atoms with van der Waals surface area (Å²) in [6.07, 6.45) is -4.36. The number of para-hydroxylation sites is 1. The maximum Gasteiger partial charge on any atom is 0.417 e. The number of alkyl halides is 3. The lowest BCUT2D eigenvalue weighted by atomic mass is 9.73. The lowest BCUT2D eigenvalue weighted by Gasteiger charge is -2.38. The van der Waals surface area contributed by atoms with Crippen molar-refractivity contribution in [3.63, 3.8) is 0 Å². The Morgan fingerprint density at radius 3 is 2.42 bits per heavy atom. The molecular formula is C23H28F3N3O2. The van der Waals surface area contributed by atoms with Gasteiger partial charge in [-0.2, -0.15) is 13.2 Å². The number of benzene rings is 1. The molecule has 8 heteroatoms. The third-order valence-corrected chi connectivity index (χ3v) is 5.59. The SMILES string of the molecule is COc1ccccc1C(C)(C)CC(O)(Cc1cc2cc(N(C)C)ncc2[nH]1)C(F)(F)F. The summed E-state index contributed by atoms with van der Waals surface area (Å²) in [6.45, 7) is 3.36. The summed E-state index contributed by atoms with van der Waals surface area (Å²) in [5, 5.41) is 11.7. The van der Waals surface area contributed by atoms with Gasteiger partial charge >= 0.3 is 6.18 Å². The van der Waals surface area contributed by atoms with Gasteiger partial charge in [0.25, 0.3) is 0 Å². The van der Waals surface area contributed by atoms with Crippen LogP contribution in [0.3, 0.4) is 0 Å². The molecule has 0 amide bonds. The first-order chi connectivity index (χ1) is 14.4. The molecule has 1 aromatic carbocycles. The minimum absolute atomic E-state index is 0.295. The molecule has 0 aliphatic heterocycles. The van der Waals surface area contributed by atoms with Crippen LogP contribution in [0.1, 0.15) is 31.5 Å². The fourth-order valence-corrected chi connectivity index (χ4v) is 4.03. The lowest BCUT2D eigenvalue weighted by molar-refractivity contribution is -0.266. The van der Waals surface area contributed by atoms with E-state index in [0.29, 0.717) is 28.3 Å². The monoisotopic (exact) mass is 435 g/mol. The molecule has 0 bridgehead atoms. The van der Waals surface area contributed by atoms with Crippen LogP contribution in [0, 0.1) is 0 Å². The van der Waals surface area contributed by atoms with Crippen LogP contribution in [0.5, 0.6) is 5.75 Å². The first kappa shape index (κ1) is 22.9. The highest BCUT2D eigenvalue weighted by atomic mass is 19.4. The summed E-state index contributed by atoms with van der Waals surface area (Å²) < 4.78 is 47.7. The third kappa shape index (κ3) is 4.63. The zero-order valence-corrected chi connectivity index (χ0v) is 18.3. The summed E-state index contributed by atoms with van der Waals surface area (Å²) in [4.78, 5) is 9.06. The number of ether oxygens (including phenoxy) is 1. The van der Waals surface area contributed by atoms with E-state index in [0.717, 1.165) is 5.39 Å². The summed E-state index contributed by atoms with van der Waals surface area (Å²) >= 11 is 0. The molecular weight excluding hydrogens is 407 g/mol. The number of nitrogens with one attached hydrogen (secondary N) is 1. The Kier molecular flexibility index (Phi) is 5.97. The van der Waals surface area contributed by atoms with Crippen LogP contribution >= 0.6 is 0 Å². The molecule has 31 heavy (non-hydrogen) atoms. The Hall–Kier alpha value is -2.74. The highest BCUT2D eigenvalue weighted by Crippen LogP contribution is 2.45. The van der Waals surface area contributed by atoms with Gasteiger partial charge in [0.15, 0.2) is 5.60 Å². The van der Waals surface area contributed by atoms with Crippen molar-refractivity contribution in [2.24, 2.45) is 0 Å². The molecule has 0 aliphatic rings. The molecule has 0 spiro atoms. The number of H-pyrrole nitrogens is 1. The quantitative estimate of drug-likeness (QED) is 0.558. The first-order valence-electron chi connectivity index (χ1n) is 9.94. The molecule has 0 aliphatic carbocycles. The number of fused-ring (bicyclic) bond motifs is 1. The average Bonchev–Trinajstić information content (AvgIpc) is 3.07. The standard InChI is InChI=1S/C23H28F3N3O2/c1-21(2,17-8-6-7-9-19(17)31-5)14-22(30,23(24,25)26)12-16-10-15-11-20(29(3)4)27-13-18(15)28-16/h6-11,13,28,30H,12,14H2,1-5H3. The number of halogens is 3. The van der Waals surface area contributed by atoms with Gasteiger partial charge in [0, 0.05) is 31.6 Å². The highest BCUT2D eigenvalue weighted by Gasteiger charge is 2.56. The number of hydrogen-bond donors (Lipinski definition) is 2. The Morgan fingerprint density at radius 1 is 1.13 bits per heavy atom. The molecule has 2 heterocycles. The van der Waals surface area contributed by atoms with E-state index >= 15 is 0 Å². The number of anilines is 1. The van der Waals surface area contributed by atoms with Gasteiger partial charge in [-0.25, -0.2) is 4.98 Å². The first-order valence-corrected chi connectivity index (χ1v) is 9.94. The molecule has 168 valence electrons. The van der Waals surface area contributed by atoms with Crippen LogP contribution in [0.25, 0.3) is 10.9 Å². The predicted octanol–water partition coefficient (Wildman–Crippen LogP) is 4.84. The Bertz CT molecular complexity index is 1060. The average molecular weight is 435 g/mol. The van der Waals surface area contributed by atoms with Gasteiger partial charge in [0.05, 0.1) is 18.8 Å². The molecule has 3 rings (SSSR count). The molecule has 1 unspecified atom stereocenters. The maximum atomic E-state index is 14.1. The minimum Gasteiger partial charge on any atom is -0.496 e. The summed E-state index contributed by atoms with van der Waals surface area (Å²) in [5.74, 6) is 1.19. The molecule has 5 nitrogen and oxygen atoms in total. The van der Waals surface area contributed by atoms with E-state index in [1.807, 2.05) is 19.0 Å². The van der Waals surface area contributed by atoms with E-state index in [4.69, 9.17) is 4.74 Å². The smallest absolute Gasteiger partial charge is 0.417 e. The Balaban J connectivity index is 1.97. The topological polar surface area (TPSA) is 61.4 Å². The Labute approximate surface area is 179 Å². The van der Waals surface area contributed by atoms with Gasteiger partial charge in [-0.15, -0.1) is 0 Å². The van der Waals surface area contributed by atoms with Crippen LogP contribution in [-0.4, -0.2) is 48.1 Å². The van der Waals surface area contributed by atoms with Crippen molar-refractivity contribution in [3.8, 4) is 5.75 Å². The van der Waals surface area contributed by atoms with Crippen molar-refractivity contribution in [2.45, 2.75) is 43.9 Å². The molecule has 0 fully saturated rings. The largest absolute Gasteiger partial charge is 0.496 e. The second-order valence-corrected chi connectivity index (χ2v) is 8.79. The van der Waals surface area contributed by atoms with E-state index in [-0.39, 0.29) is 0 Å². The number of rotatable bonds is 7. The number of aliphatic hydroxyl groups is 1. The summed E-state index contributed by atoms with van der Waals surface area (Å²) in [7, 11) is 5.15. The molecule has 0 saturated carbocycles. The molecule has 1 atom stereocenters. The molecule has 3 aromatic rings. The van der Waals surface area contributed by atoms with Crippen molar-refractivity contribution in [2.75, 3.05) is 26.1 Å². The Morgan fingerprint density at radius 2 is 1.81 bits per heavy atom. The molecule has 0 saturated heterocycles. The van der Waals surface area contributed by atoms with Gasteiger partial charge in [-0.3, -0.25) is 0 Å². The second-order valence-electron chi connectivity index (χ2n) is 8.79. The molecule has 2 N–H and O–H groups in total. The van der Waals surface area contributed by atoms with Crippen LogP contribution in [0.15, 0.2) is 42.6 Å². The lowest BCUT2D eigenvalue weighted by Crippen LogP contribution is -2.50. The van der Waals surface area contributed by atoms with Crippen molar-refractivity contribution in [1.29, 1.82) is 0 Å². The number of methoxy groups -OCH3 is 1. The third-order valence-electron chi connectivity index (χ3n) is 5.59. The van der Waals surface area contributed by atoms with Gasteiger partial charge in [0.2, 0.25) is 0 Å². The van der Waals surface area contributed by atoms with Crippen LogP contribution < -0.4 is 9.64 Å². The number of aromatic nitrogens is 2. The molecule has 0 radical (unpaired) electrons. The second kappa shape index (κ2) is 8.07. The fourth-order valence-electron chi connectivity index (χ4n) is 4.03. The highest BCUT2D eigenvalue weighted by molar-refractivity contribution is 5.82. The maximum absolute atomic E-state index is 14.1. The zero-order chi connectivity index (χ0) is 23.0. The van der Waals surface area contributed by atoms with E-state index in [1.54, 1.807) is 56.4 Å². The van der Waals surface area contributed by atoms with E-state index in [2.05, 4.69) is 9.97 Å². The van der Waals surface area contributed by atoms with Crippen molar-refractivity contribution < 1.29 is 23.0 Å². The van der Waals surface area contributed by atoms with Crippen LogP contribution in [0.4, 0.5) is 19.0 Å². The van der Waals surface area contributed by atoms with Crippen LogP contribution in [-0.2, 0) is 11.8 Å². The summed E-state index contributed by atoms with van der Waals surface area (Å²) in [5.41, 5.74) is -2.41. The normalized spacial score (nSPS) is 14.5. The van der Waals surface area contributed by atoms with Gasteiger partial charge < -0.3 is 19.7 Å². The van der Waals surface area contributed by atoms with Crippen molar-refractivity contribution >= 4 is 16.7 Å². The van der Waals surface area contributed by atoms with E-state index in [1.165, 1.54) is 7.11 Å². The van der Waals surface area contributed by atoms with E-state index in [9.17, 15) is 18.3 Å². The van der Waals surface area contributed by atoms with Crippen LogP contribution in [0.2, 0.25) is 0 Å². The van der Waals surface area contributed by atoms with E-state index < -0.39 is 30.0 Å². The number of pyridine rings is 1. The number of nitrogens with zero attached hydrogens (tertiary/aromatic N) is 2. The van der Waals surface area contributed by atoms with Gasteiger partial charge in [0.1, 0.15) is 11.6 Å². The van der Waals surface area contributed by atoms with Gasteiger partial charge in [-0.1, -0.05) is 32.0 Å². The summed E-state index contributed by atoms with van der Waals surface area (Å²) in [6, 6.07) is 10.4. The predicted molar refractivity (Wildman–Crippen MR) is 116 cm³/mol. The van der Waals surface area contributed by atoms with Crippen molar-refractivity contribution in [3.05, 3.63) is 53.9 Å². The minimum atomic E-state index is -4.82.